The molecule has 1 aromatic heterocycles. The monoisotopic (exact) mass is 562 g/mol. The van der Waals surface area contributed by atoms with Crippen LogP contribution in [0.2, 0.25) is 0 Å². The normalized spacial score (nSPS) is 12.5. The maximum Gasteiger partial charge on any atom is 0.573 e. The predicted octanol–water partition coefficient (Wildman–Crippen LogP) is 6.05. The van der Waals surface area contributed by atoms with E-state index in [-0.39, 0.29) is 22.7 Å². The van der Waals surface area contributed by atoms with Crippen molar-refractivity contribution in [2.75, 3.05) is 10.7 Å². The van der Waals surface area contributed by atoms with E-state index in [0.29, 0.717) is 4.90 Å². The van der Waals surface area contributed by atoms with Gasteiger partial charge >= 0.3 is 28.7 Å². The van der Waals surface area contributed by atoms with Gasteiger partial charge in [-0.05, 0) is 66.2 Å². The molecule has 2 rings (SSSR count). The molecule has 2 aromatic rings. The van der Waals surface area contributed by atoms with Crippen LogP contribution in [0.5, 0.6) is 11.5 Å². The molecule has 14 heteroatoms. The van der Waals surface area contributed by atoms with Gasteiger partial charge in [-0.3, -0.25) is 0 Å². The SMILES string of the molecule is CCS(=O)(=O)Oc1cc(N(C(=O)OC(C)(C)C)C(=O)OC(C)(C)C)ncc1-c1ccc(OC(F)(F)F)cc1. The molecule has 0 unspecified atom stereocenters. The third-order valence-corrected chi connectivity index (χ3v) is 5.34. The van der Waals surface area contributed by atoms with Crippen LogP contribution >= 0.6 is 0 Å². The van der Waals surface area contributed by atoms with Crippen molar-refractivity contribution in [2.24, 2.45) is 0 Å². The number of hydrogen-bond donors (Lipinski definition) is 0. The van der Waals surface area contributed by atoms with E-state index >= 15 is 0 Å². The summed E-state index contributed by atoms with van der Waals surface area (Å²) in [6.45, 7) is 10.8. The van der Waals surface area contributed by atoms with Crippen molar-refractivity contribution in [3.63, 3.8) is 0 Å². The van der Waals surface area contributed by atoms with Crippen LogP contribution in [0.15, 0.2) is 36.5 Å². The minimum absolute atomic E-state index is 0.0395. The fraction of sp³-hybridized carbons (Fsp3) is 0.458. The first-order valence-electron chi connectivity index (χ1n) is 11.2. The van der Waals surface area contributed by atoms with Crippen molar-refractivity contribution in [1.82, 2.24) is 4.98 Å². The molecule has 0 N–H and O–H groups in total. The number of pyridine rings is 1. The van der Waals surface area contributed by atoms with Crippen molar-refractivity contribution in [2.45, 2.75) is 66.0 Å². The lowest BCUT2D eigenvalue weighted by atomic mass is 10.1. The summed E-state index contributed by atoms with van der Waals surface area (Å²) in [6.07, 6.45) is -6.10. The molecule has 0 aliphatic rings. The predicted molar refractivity (Wildman–Crippen MR) is 131 cm³/mol. The molecule has 210 valence electrons. The minimum atomic E-state index is -4.90. The topological polar surface area (TPSA) is 121 Å². The van der Waals surface area contributed by atoms with Crippen LogP contribution in [0.3, 0.4) is 0 Å². The second-order valence-corrected chi connectivity index (χ2v) is 11.7. The highest BCUT2D eigenvalue weighted by atomic mass is 32.2. The van der Waals surface area contributed by atoms with Crippen LogP contribution < -0.4 is 13.8 Å². The summed E-state index contributed by atoms with van der Waals surface area (Å²) in [7, 11) is -4.13. The molecule has 0 saturated carbocycles. The molecule has 0 aliphatic carbocycles. The number of alkyl halides is 3. The maximum absolute atomic E-state index is 12.9. The fourth-order valence-electron chi connectivity index (χ4n) is 2.74. The molecule has 1 aromatic carbocycles. The summed E-state index contributed by atoms with van der Waals surface area (Å²) in [5.74, 6) is -1.66. The lowest BCUT2D eigenvalue weighted by Crippen LogP contribution is -2.44. The van der Waals surface area contributed by atoms with Crippen LogP contribution in [0.1, 0.15) is 48.5 Å². The molecule has 0 atom stereocenters. The van der Waals surface area contributed by atoms with Gasteiger partial charge in [0, 0.05) is 17.8 Å². The van der Waals surface area contributed by atoms with Gasteiger partial charge in [0.25, 0.3) is 0 Å². The van der Waals surface area contributed by atoms with Crippen LogP contribution in [0.4, 0.5) is 28.6 Å². The van der Waals surface area contributed by atoms with Crippen molar-refractivity contribution in [1.29, 1.82) is 0 Å². The summed E-state index contributed by atoms with van der Waals surface area (Å²) in [4.78, 5) is 30.5. The van der Waals surface area contributed by atoms with E-state index < -0.39 is 51.4 Å². The third kappa shape index (κ3) is 9.39. The number of carbonyl (C=O) groups excluding carboxylic acids is 2. The first-order valence-corrected chi connectivity index (χ1v) is 12.8. The Kier molecular flexibility index (Phi) is 8.92. The maximum atomic E-state index is 12.9. The van der Waals surface area contributed by atoms with Crippen molar-refractivity contribution in [3.8, 4) is 22.6 Å². The first-order chi connectivity index (χ1) is 17.2. The quantitative estimate of drug-likeness (QED) is 0.387. The average molecular weight is 563 g/mol. The first kappa shape index (κ1) is 30.7. The van der Waals surface area contributed by atoms with Crippen LogP contribution in [-0.2, 0) is 19.6 Å². The van der Waals surface area contributed by atoms with Crippen LogP contribution in [0.25, 0.3) is 11.1 Å². The number of amides is 2. The average Bonchev–Trinajstić information content (AvgIpc) is 2.71. The Hall–Kier alpha value is -3.55. The highest BCUT2D eigenvalue weighted by Gasteiger charge is 2.35. The van der Waals surface area contributed by atoms with Gasteiger partial charge in [-0.2, -0.15) is 13.3 Å². The van der Waals surface area contributed by atoms with E-state index in [9.17, 15) is 31.2 Å². The number of benzene rings is 1. The summed E-state index contributed by atoms with van der Waals surface area (Å²) < 4.78 is 81.8. The van der Waals surface area contributed by atoms with E-state index in [1.165, 1.54) is 19.1 Å². The smallest absolute Gasteiger partial charge is 0.443 e. The van der Waals surface area contributed by atoms with E-state index in [1.54, 1.807) is 41.5 Å². The van der Waals surface area contributed by atoms with Gasteiger partial charge < -0.3 is 18.4 Å². The molecule has 0 aliphatic heterocycles. The number of rotatable bonds is 6. The molecule has 0 fully saturated rings. The second-order valence-electron chi connectivity index (χ2n) is 9.84. The number of aromatic nitrogens is 1. The Balaban J connectivity index is 2.64. The molecule has 1 heterocycles. The van der Waals surface area contributed by atoms with Crippen molar-refractivity contribution < 1.29 is 49.6 Å². The molecule has 0 bridgehead atoms. The van der Waals surface area contributed by atoms with E-state index in [2.05, 4.69) is 9.72 Å². The number of hydrogen-bond acceptors (Lipinski definition) is 9. The molecule has 10 nitrogen and oxygen atoms in total. The summed E-state index contributed by atoms with van der Waals surface area (Å²) in [5, 5.41) is 0. The summed E-state index contributed by atoms with van der Waals surface area (Å²) >= 11 is 0. The van der Waals surface area contributed by atoms with Gasteiger partial charge in [0.15, 0.2) is 11.6 Å². The molecule has 38 heavy (non-hydrogen) atoms. The molecule has 0 saturated heterocycles. The van der Waals surface area contributed by atoms with Gasteiger partial charge in [0.05, 0.1) is 5.75 Å². The summed E-state index contributed by atoms with van der Waals surface area (Å²) in [5.41, 5.74) is -1.77. The Bertz CT molecular complexity index is 1240. The standard InChI is InChI=1S/C24H29F3N2O8S/c1-8-38(32,33)37-18-13-19(29(20(30)35-22(2,3)4)21(31)36-23(5,6)7)28-14-17(18)15-9-11-16(12-10-15)34-24(25,26)27/h9-14H,8H2,1-7H3. The number of nitrogens with zero attached hydrogens (tertiary/aromatic N) is 2. The molecule has 2 amide bonds. The van der Waals surface area contributed by atoms with Gasteiger partial charge in [-0.25, -0.2) is 14.6 Å². The van der Waals surface area contributed by atoms with Gasteiger partial charge in [-0.1, -0.05) is 12.1 Å². The van der Waals surface area contributed by atoms with E-state index in [1.807, 2.05) is 0 Å². The minimum Gasteiger partial charge on any atom is -0.443 e. The largest absolute Gasteiger partial charge is 0.573 e. The zero-order chi connectivity index (χ0) is 29.1. The third-order valence-electron chi connectivity index (χ3n) is 4.20. The van der Waals surface area contributed by atoms with E-state index in [0.717, 1.165) is 24.4 Å². The number of halogens is 3. The molecule has 0 radical (unpaired) electrons. The zero-order valence-corrected chi connectivity index (χ0v) is 22.7. The molecule has 0 spiro atoms. The fourth-order valence-corrected chi connectivity index (χ4v) is 3.27. The number of ether oxygens (including phenoxy) is 3. The van der Waals surface area contributed by atoms with Gasteiger partial charge in [-0.15, -0.1) is 13.2 Å². The summed E-state index contributed by atoms with van der Waals surface area (Å²) in [6, 6.07) is 5.49. The Morgan fingerprint density at radius 3 is 1.84 bits per heavy atom. The number of imide groups is 1. The van der Waals surface area contributed by atoms with Crippen molar-refractivity contribution >= 4 is 28.1 Å². The molecular weight excluding hydrogens is 533 g/mol. The van der Waals surface area contributed by atoms with Gasteiger partial charge in [0.1, 0.15) is 17.0 Å². The lowest BCUT2D eigenvalue weighted by Gasteiger charge is -2.28. The highest BCUT2D eigenvalue weighted by Crippen LogP contribution is 2.35. The van der Waals surface area contributed by atoms with Gasteiger partial charge in [0.2, 0.25) is 0 Å². The number of anilines is 1. The van der Waals surface area contributed by atoms with Crippen LogP contribution in [0, 0.1) is 0 Å². The second kappa shape index (κ2) is 11.1. The van der Waals surface area contributed by atoms with Crippen LogP contribution in [-0.4, -0.2) is 48.9 Å². The van der Waals surface area contributed by atoms with Crippen molar-refractivity contribution in [3.05, 3.63) is 36.5 Å². The molecular formula is C24H29F3N2O8S. The Morgan fingerprint density at radius 2 is 1.42 bits per heavy atom. The lowest BCUT2D eigenvalue weighted by molar-refractivity contribution is -0.274. The number of carbonyl (C=O) groups is 2. The Labute approximate surface area is 218 Å². The highest BCUT2D eigenvalue weighted by molar-refractivity contribution is 7.87. The Morgan fingerprint density at radius 1 is 0.921 bits per heavy atom. The zero-order valence-electron chi connectivity index (χ0n) is 21.9. The van der Waals surface area contributed by atoms with E-state index in [4.69, 9.17) is 13.7 Å².